The second kappa shape index (κ2) is 7.83. The van der Waals surface area contributed by atoms with Gasteiger partial charge in [0.25, 0.3) is 6.43 Å². The fourth-order valence-electron chi connectivity index (χ4n) is 3.25. The van der Waals surface area contributed by atoms with Gasteiger partial charge in [0.05, 0.1) is 5.52 Å². The molecule has 0 radical (unpaired) electrons. The van der Waals surface area contributed by atoms with Crippen molar-refractivity contribution in [1.29, 1.82) is 0 Å². The lowest BCUT2D eigenvalue weighted by Gasteiger charge is -2.29. The first-order chi connectivity index (χ1) is 11.6. The van der Waals surface area contributed by atoms with Crippen LogP contribution in [0.5, 0.6) is 0 Å². The molecular formula is C18H24F2N4. The Morgan fingerprint density at radius 2 is 1.88 bits per heavy atom. The number of para-hydroxylation sites is 1. The summed E-state index contributed by atoms with van der Waals surface area (Å²) in [7, 11) is 0. The maximum Gasteiger partial charge on any atom is 0.297 e. The predicted molar refractivity (Wildman–Crippen MR) is 92.4 cm³/mol. The molecule has 6 heteroatoms. The Morgan fingerprint density at radius 3 is 2.62 bits per heavy atom. The van der Waals surface area contributed by atoms with Gasteiger partial charge in [-0.3, -0.25) is 0 Å². The first-order valence-corrected chi connectivity index (χ1v) is 8.64. The van der Waals surface area contributed by atoms with E-state index in [-0.39, 0.29) is 0 Å². The second-order valence-corrected chi connectivity index (χ2v) is 6.60. The number of hydrogen-bond acceptors (Lipinski definition) is 4. The number of rotatable bonds is 6. The molecule has 1 N–H and O–H groups in total. The smallest absolute Gasteiger partial charge is 0.297 e. The Kier molecular flexibility index (Phi) is 5.56. The van der Waals surface area contributed by atoms with Crippen molar-refractivity contribution in [3.8, 4) is 0 Å². The number of likely N-dealkylation sites (tertiary alicyclic amines) is 1. The van der Waals surface area contributed by atoms with E-state index in [1.165, 1.54) is 19.3 Å². The summed E-state index contributed by atoms with van der Waals surface area (Å²) >= 11 is 0. The van der Waals surface area contributed by atoms with Gasteiger partial charge in [0.2, 0.25) is 0 Å². The zero-order valence-corrected chi connectivity index (χ0v) is 14.0. The Labute approximate surface area is 141 Å². The third-order valence-electron chi connectivity index (χ3n) is 4.45. The van der Waals surface area contributed by atoms with E-state index in [1.807, 2.05) is 12.1 Å². The highest BCUT2D eigenvalue weighted by atomic mass is 19.3. The van der Waals surface area contributed by atoms with Gasteiger partial charge in [0.15, 0.2) is 5.82 Å². The van der Waals surface area contributed by atoms with Gasteiger partial charge in [-0.05, 0) is 44.0 Å². The highest BCUT2D eigenvalue weighted by Gasteiger charge is 2.17. The summed E-state index contributed by atoms with van der Waals surface area (Å²) in [5.74, 6) is 0.508. The number of fused-ring (bicyclic) bond motifs is 1. The lowest BCUT2D eigenvalue weighted by Crippen LogP contribution is -2.35. The topological polar surface area (TPSA) is 41.1 Å². The maximum atomic E-state index is 13.0. The molecule has 0 bridgehead atoms. The number of halogens is 2. The van der Waals surface area contributed by atoms with Crippen LogP contribution in [0.1, 0.15) is 38.4 Å². The fraction of sp³-hybridized carbons (Fsp3) is 0.556. The highest BCUT2D eigenvalue weighted by Crippen LogP contribution is 2.24. The average molecular weight is 334 g/mol. The number of benzene rings is 1. The number of nitrogens with one attached hydrogen (secondary N) is 1. The SMILES string of the molecule is CC(CNc1nc(C(F)F)nc2ccccc12)CN1CCCCC1. The van der Waals surface area contributed by atoms with E-state index in [4.69, 9.17) is 0 Å². The number of hydrogen-bond donors (Lipinski definition) is 1. The van der Waals surface area contributed by atoms with Crippen molar-refractivity contribution < 1.29 is 8.78 Å². The minimum atomic E-state index is -2.67. The summed E-state index contributed by atoms with van der Waals surface area (Å²) in [4.78, 5) is 10.5. The summed E-state index contributed by atoms with van der Waals surface area (Å²) < 4.78 is 26.0. The molecular weight excluding hydrogens is 310 g/mol. The zero-order chi connectivity index (χ0) is 16.9. The molecule has 2 heterocycles. The Morgan fingerprint density at radius 1 is 1.12 bits per heavy atom. The van der Waals surface area contributed by atoms with Crippen LogP contribution in [0, 0.1) is 5.92 Å². The van der Waals surface area contributed by atoms with Crippen LogP contribution in [0.15, 0.2) is 24.3 Å². The van der Waals surface area contributed by atoms with Crippen molar-refractivity contribution in [2.75, 3.05) is 31.5 Å². The van der Waals surface area contributed by atoms with Crippen LogP contribution in [0.2, 0.25) is 0 Å². The van der Waals surface area contributed by atoms with Gasteiger partial charge in [0, 0.05) is 18.5 Å². The third-order valence-corrected chi connectivity index (χ3v) is 4.45. The minimum absolute atomic E-state index is 0.417. The molecule has 1 aromatic heterocycles. The van der Waals surface area contributed by atoms with Gasteiger partial charge in [-0.15, -0.1) is 0 Å². The summed E-state index contributed by atoms with van der Waals surface area (Å²) in [5.41, 5.74) is 0.550. The van der Waals surface area contributed by atoms with Crippen LogP contribution in [0.25, 0.3) is 10.9 Å². The van der Waals surface area contributed by atoms with Crippen molar-refractivity contribution >= 4 is 16.7 Å². The largest absolute Gasteiger partial charge is 0.369 e. The Balaban J connectivity index is 1.69. The van der Waals surface area contributed by atoms with Crippen LogP contribution in [-0.2, 0) is 0 Å². The molecule has 1 atom stereocenters. The molecule has 3 rings (SSSR count). The highest BCUT2D eigenvalue weighted by molar-refractivity contribution is 5.88. The second-order valence-electron chi connectivity index (χ2n) is 6.60. The van der Waals surface area contributed by atoms with Gasteiger partial charge in [-0.25, -0.2) is 18.7 Å². The molecule has 24 heavy (non-hydrogen) atoms. The zero-order valence-electron chi connectivity index (χ0n) is 14.0. The number of alkyl halides is 2. The van der Waals surface area contributed by atoms with Gasteiger partial charge >= 0.3 is 0 Å². The Hall–Kier alpha value is -1.82. The third kappa shape index (κ3) is 4.17. The van der Waals surface area contributed by atoms with Crippen LogP contribution < -0.4 is 5.32 Å². The molecule has 1 aliphatic rings. The first-order valence-electron chi connectivity index (χ1n) is 8.64. The van der Waals surface area contributed by atoms with Crippen LogP contribution in [0.3, 0.4) is 0 Å². The molecule has 0 spiro atoms. The van der Waals surface area contributed by atoms with Crippen molar-refractivity contribution in [3.63, 3.8) is 0 Å². The Bertz CT molecular complexity index is 671. The number of aromatic nitrogens is 2. The van der Waals surface area contributed by atoms with Crippen molar-refractivity contribution in [3.05, 3.63) is 30.1 Å². The van der Waals surface area contributed by atoms with Crippen LogP contribution in [0.4, 0.5) is 14.6 Å². The molecule has 130 valence electrons. The molecule has 1 aliphatic heterocycles. The van der Waals surface area contributed by atoms with E-state index in [1.54, 1.807) is 12.1 Å². The first kappa shape index (κ1) is 17.0. The lowest BCUT2D eigenvalue weighted by atomic mass is 10.1. The van der Waals surface area contributed by atoms with Crippen molar-refractivity contribution in [2.24, 2.45) is 5.92 Å². The molecule has 0 aliphatic carbocycles. The van der Waals surface area contributed by atoms with Crippen molar-refractivity contribution in [1.82, 2.24) is 14.9 Å². The minimum Gasteiger partial charge on any atom is -0.369 e. The van der Waals surface area contributed by atoms with Gasteiger partial charge < -0.3 is 10.2 Å². The monoisotopic (exact) mass is 334 g/mol. The van der Waals surface area contributed by atoms with E-state index in [9.17, 15) is 8.78 Å². The van der Waals surface area contributed by atoms with E-state index in [0.29, 0.717) is 23.8 Å². The van der Waals surface area contributed by atoms with E-state index < -0.39 is 12.2 Å². The molecule has 2 aromatic rings. The fourth-order valence-corrected chi connectivity index (χ4v) is 3.25. The molecule has 1 saturated heterocycles. The van der Waals surface area contributed by atoms with Gasteiger partial charge in [0.1, 0.15) is 5.82 Å². The molecule has 1 aromatic carbocycles. The number of nitrogens with zero attached hydrogens (tertiary/aromatic N) is 3. The predicted octanol–water partition coefficient (Wildman–Crippen LogP) is 4.10. The average Bonchev–Trinajstić information content (AvgIpc) is 2.60. The molecule has 1 unspecified atom stereocenters. The van der Waals surface area contributed by atoms with E-state index >= 15 is 0 Å². The number of anilines is 1. The summed E-state index contributed by atoms with van der Waals surface area (Å²) in [6.07, 6.45) is 1.20. The van der Waals surface area contributed by atoms with E-state index in [2.05, 4.69) is 27.1 Å². The van der Waals surface area contributed by atoms with Crippen molar-refractivity contribution in [2.45, 2.75) is 32.6 Å². The summed E-state index contributed by atoms with van der Waals surface area (Å²) in [5, 5.41) is 4.05. The quantitative estimate of drug-likeness (QED) is 0.863. The van der Waals surface area contributed by atoms with Crippen LogP contribution >= 0.6 is 0 Å². The lowest BCUT2D eigenvalue weighted by molar-refractivity contribution is 0.141. The van der Waals surface area contributed by atoms with Gasteiger partial charge in [-0.1, -0.05) is 25.5 Å². The molecule has 0 saturated carbocycles. The van der Waals surface area contributed by atoms with E-state index in [0.717, 1.165) is 25.0 Å². The molecule has 4 nitrogen and oxygen atoms in total. The standard InChI is InChI=1S/C18H24F2N4/c1-13(12-24-9-5-2-6-10-24)11-21-17-14-7-3-4-8-15(14)22-18(23-17)16(19)20/h3-4,7-8,13,16H,2,5-6,9-12H2,1H3,(H,21,22,23). The summed E-state index contributed by atoms with van der Waals surface area (Å²) in [6.45, 7) is 6.24. The van der Waals surface area contributed by atoms with Gasteiger partial charge in [-0.2, -0.15) is 0 Å². The maximum absolute atomic E-state index is 13.0. The normalized spacial score (nSPS) is 17.3. The number of piperidine rings is 1. The molecule has 1 fully saturated rings. The molecule has 0 amide bonds. The summed E-state index contributed by atoms with van der Waals surface area (Å²) in [6, 6.07) is 7.27. The van der Waals surface area contributed by atoms with Crippen LogP contribution in [-0.4, -0.2) is 41.0 Å².